The second kappa shape index (κ2) is 9.35. The zero-order valence-electron chi connectivity index (χ0n) is 20.0. The average molecular weight is 469 g/mol. The molecule has 2 aromatic carbocycles. The molecule has 0 saturated heterocycles. The van der Waals surface area contributed by atoms with E-state index in [1.807, 2.05) is 62.6 Å². The maximum Gasteiger partial charge on any atom is 0.263 e. The minimum Gasteiger partial charge on any atom is -0.483 e. The van der Waals surface area contributed by atoms with Gasteiger partial charge in [-0.1, -0.05) is 24.3 Å². The fourth-order valence-electron chi connectivity index (χ4n) is 4.81. The maximum absolute atomic E-state index is 13.5. The lowest BCUT2D eigenvalue weighted by Gasteiger charge is -2.13. The first-order chi connectivity index (χ1) is 17.0. The van der Waals surface area contributed by atoms with E-state index in [0.717, 1.165) is 51.2 Å². The molecule has 3 heterocycles. The number of nitrogens with zero attached hydrogens (tertiary/aromatic N) is 3. The van der Waals surface area contributed by atoms with Crippen LogP contribution >= 0.6 is 0 Å². The number of fused-ring (bicyclic) bond motifs is 5. The molecule has 0 radical (unpaired) electrons. The Kier molecular flexibility index (Phi) is 6.09. The van der Waals surface area contributed by atoms with Crippen LogP contribution in [0.4, 0.5) is 0 Å². The third kappa shape index (κ3) is 3.98. The molecular weight excluding hydrogens is 440 g/mol. The molecule has 3 aromatic heterocycles. The molecule has 178 valence electrons. The minimum atomic E-state index is -0.161. The number of amides is 1. The Morgan fingerprint density at radius 1 is 1.14 bits per heavy atom. The smallest absolute Gasteiger partial charge is 0.263 e. The van der Waals surface area contributed by atoms with Crippen molar-refractivity contribution in [2.75, 3.05) is 33.8 Å². The van der Waals surface area contributed by atoms with Crippen LogP contribution < -0.4 is 15.6 Å². The van der Waals surface area contributed by atoms with Crippen molar-refractivity contribution in [2.45, 2.75) is 12.8 Å². The third-order valence-electron chi connectivity index (χ3n) is 6.33. The number of pyridine rings is 2. The number of rotatable bonds is 9. The second-order valence-electron chi connectivity index (χ2n) is 8.97. The van der Waals surface area contributed by atoms with Gasteiger partial charge in [-0.05, 0) is 57.7 Å². The Labute approximate surface area is 203 Å². The molecular formula is C28H28N4O3. The zero-order valence-corrected chi connectivity index (χ0v) is 20.0. The van der Waals surface area contributed by atoms with Crippen LogP contribution in [0, 0.1) is 0 Å². The average Bonchev–Trinajstić information content (AvgIpc) is 3.20. The summed E-state index contributed by atoms with van der Waals surface area (Å²) in [4.78, 5) is 32.6. The van der Waals surface area contributed by atoms with Crippen LogP contribution in [0.1, 0.15) is 12.0 Å². The number of hydrogen-bond acceptors (Lipinski definition) is 5. The molecule has 0 fully saturated rings. The van der Waals surface area contributed by atoms with E-state index in [0.29, 0.717) is 24.1 Å². The second-order valence-corrected chi connectivity index (χ2v) is 8.97. The number of nitrogens with one attached hydrogen (secondary N) is 1. The molecule has 7 heteroatoms. The quantitative estimate of drug-likeness (QED) is 0.203. The molecule has 0 aliphatic carbocycles. The van der Waals surface area contributed by atoms with Gasteiger partial charge in [-0.15, -0.1) is 6.58 Å². The molecule has 5 aromatic rings. The van der Waals surface area contributed by atoms with Crippen molar-refractivity contribution < 1.29 is 9.53 Å². The van der Waals surface area contributed by atoms with Crippen LogP contribution in [-0.4, -0.2) is 54.0 Å². The lowest BCUT2D eigenvalue weighted by atomic mass is 10.0. The van der Waals surface area contributed by atoms with Crippen molar-refractivity contribution in [3.63, 3.8) is 0 Å². The van der Waals surface area contributed by atoms with E-state index in [2.05, 4.69) is 21.8 Å². The molecule has 0 atom stereocenters. The van der Waals surface area contributed by atoms with Crippen LogP contribution in [0.3, 0.4) is 0 Å². The fourth-order valence-corrected chi connectivity index (χ4v) is 4.81. The minimum absolute atomic E-state index is 0.0728. The summed E-state index contributed by atoms with van der Waals surface area (Å²) < 4.78 is 7.74. The largest absolute Gasteiger partial charge is 0.483 e. The predicted octanol–water partition coefficient (Wildman–Crippen LogP) is 3.77. The van der Waals surface area contributed by atoms with Gasteiger partial charge in [0.05, 0.1) is 16.6 Å². The molecule has 0 spiro atoms. The maximum atomic E-state index is 13.5. The van der Waals surface area contributed by atoms with E-state index < -0.39 is 0 Å². The van der Waals surface area contributed by atoms with Gasteiger partial charge in [0, 0.05) is 39.8 Å². The Hall–Kier alpha value is -3.97. The molecule has 0 aliphatic heterocycles. The summed E-state index contributed by atoms with van der Waals surface area (Å²) in [5, 5.41) is 6.23. The monoisotopic (exact) mass is 468 g/mol. The number of ether oxygens (including phenoxy) is 1. The molecule has 7 nitrogen and oxygen atoms in total. The summed E-state index contributed by atoms with van der Waals surface area (Å²) in [6, 6.07) is 13.2. The van der Waals surface area contributed by atoms with Gasteiger partial charge in [0.2, 0.25) is 0 Å². The van der Waals surface area contributed by atoms with Gasteiger partial charge in [0.25, 0.3) is 11.5 Å². The Bertz CT molecular complexity index is 1620. The first kappa shape index (κ1) is 22.8. The van der Waals surface area contributed by atoms with Gasteiger partial charge in [-0.25, -0.2) is 0 Å². The van der Waals surface area contributed by atoms with Crippen molar-refractivity contribution in [3.8, 4) is 5.75 Å². The number of carbonyl (C=O) groups excluding carboxylic acids is 1. The highest BCUT2D eigenvalue weighted by Gasteiger charge is 2.21. The number of allylic oxidation sites excluding steroid dienone is 1. The Morgan fingerprint density at radius 2 is 1.94 bits per heavy atom. The molecule has 0 aliphatic rings. The van der Waals surface area contributed by atoms with E-state index in [-0.39, 0.29) is 18.1 Å². The van der Waals surface area contributed by atoms with Crippen molar-refractivity contribution in [2.24, 2.45) is 0 Å². The van der Waals surface area contributed by atoms with Gasteiger partial charge >= 0.3 is 0 Å². The first-order valence-corrected chi connectivity index (χ1v) is 11.8. The zero-order chi connectivity index (χ0) is 24.5. The highest BCUT2D eigenvalue weighted by atomic mass is 16.5. The molecule has 1 amide bonds. The molecule has 35 heavy (non-hydrogen) atoms. The summed E-state index contributed by atoms with van der Waals surface area (Å²) in [6.45, 7) is 5.36. The van der Waals surface area contributed by atoms with Gasteiger partial charge in [0.15, 0.2) is 6.61 Å². The molecule has 0 saturated carbocycles. The molecule has 0 bridgehead atoms. The number of carbonyl (C=O) groups is 1. The molecule has 0 unspecified atom stereocenters. The van der Waals surface area contributed by atoms with E-state index in [1.165, 1.54) is 0 Å². The summed E-state index contributed by atoms with van der Waals surface area (Å²) in [6.07, 6.45) is 5.00. The lowest BCUT2D eigenvalue weighted by Crippen LogP contribution is -2.31. The first-order valence-electron chi connectivity index (χ1n) is 11.8. The van der Waals surface area contributed by atoms with Crippen LogP contribution in [0.25, 0.3) is 38.1 Å². The van der Waals surface area contributed by atoms with Crippen molar-refractivity contribution in [1.82, 2.24) is 19.6 Å². The lowest BCUT2D eigenvalue weighted by molar-refractivity contribution is -0.123. The van der Waals surface area contributed by atoms with E-state index in [9.17, 15) is 9.59 Å². The van der Waals surface area contributed by atoms with E-state index >= 15 is 0 Å². The molecule has 5 rings (SSSR count). The van der Waals surface area contributed by atoms with Crippen LogP contribution in [0.2, 0.25) is 0 Å². The van der Waals surface area contributed by atoms with Crippen LogP contribution in [0.5, 0.6) is 5.75 Å². The van der Waals surface area contributed by atoms with Gasteiger partial charge in [-0.2, -0.15) is 0 Å². The van der Waals surface area contributed by atoms with Crippen LogP contribution in [0.15, 0.2) is 66.1 Å². The van der Waals surface area contributed by atoms with Crippen molar-refractivity contribution in [3.05, 3.63) is 77.2 Å². The number of hydrogen-bond donors (Lipinski definition) is 1. The van der Waals surface area contributed by atoms with Gasteiger partial charge in [-0.3, -0.25) is 19.0 Å². The topological polar surface area (TPSA) is 75.9 Å². The number of aromatic nitrogens is 2. The molecule has 1 N–H and O–H groups in total. The fraction of sp³-hybridized carbons (Fsp3) is 0.250. The van der Waals surface area contributed by atoms with Gasteiger partial charge < -0.3 is 15.0 Å². The summed E-state index contributed by atoms with van der Waals surface area (Å²) in [5.41, 5.74) is 3.21. The Morgan fingerprint density at radius 3 is 2.71 bits per heavy atom. The summed E-state index contributed by atoms with van der Waals surface area (Å²) in [7, 11) is 4.01. The standard InChI is InChI=1S/C28H28N4O3/c1-4-8-20-23(35-17-24(33)29-14-7-16-31(2)3)12-11-22-25(20)21-13-15-30-26-18-9-5-6-10-19(18)28(34)32(22)27(21)26/h4-6,9-13,15H,1,7-8,14,16-17H2,2-3H3,(H,29,33). The SMILES string of the molecule is C=CCc1c(OCC(=O)NCCCN(C)C)ccc2c1c1ccnc3c4ccccc4c(=O)n2c13. The van der Waals surface area contributed by atoms with Crippen molar-refractivity contribution in [1.29, 1.82) is 0 Å². The van der Waals surface area contributed by atoms with Gasteiger partial charge in [0.1, 0.15) is 5.75 Å². The summed E-state index contributed by atoms with van der Waals surface area (Å²) in [5.74, 6) is 0.452. The highest BCUT2D eigenvalue weighted by molar-refractivity contribution is 6.19. The van der Waals surface area contributed by atoms with Crippen LogP contribution in [-0.2, 0) is 11.2 Å². The van der Waals surface area contributed by atoms with Crippen molar-refractivity contribution >= 4 is 44.0 Å². The van der Waals surface area contributed by atoms with E-state index in [4.69, 9.17) is 4.74 Å². The normalized spacial score (nSPS) is 11.7. The Balaban J connectivity index is 1.59. The summed E-state index contributed by atoms with van der Waals surface area (Å²) >= 11 is 0. The highest BCUT2D eigenvalue weighted by Crippen LogP contribution is 2.38. The number of benzene rings is 2. The predicted molar refractivity (Wildman–Crippen MR) is 141 cm³/mol. The van der Waals surface area contributed by atoms with E-state index in [1.54, 1.807) is 10.6 Å². The third-order valence-corrected chi connectivity index (χ3v) is 6.33.